The summed E-state index contributed by atoms with van der Waals surface area (Å²) in [4.78, 5) is 8.64. The Morgan fingerprint density at radius 2 is 2.05 bits per heavy atom. The lowest BCUT2D eigenvalue weighted by Crippen LogP contribution is -2.32. The molecule has 2 atom stereocenters. The zero-order chi connectivity index (χ0) is 13.8. The first-order valence-corrected chi connectivity index (χ1v) is 7.43. The lowest BCUT2D eigenvalue weighted by atomic mass is 9.80. The Kier molecular flexibility index (Phi) is 4.07. The van der Waals surface area contributed by atoms with Gasteiger partial charge in [0.05, 0.1) is 0 Å². The van der Waals surface area contributed by atoms with E-state index >= 15 is 0 Å². The molecule has 1 aliphatic rings. The van der Waals surface area contributed by atoms with E-state index in [0.29, 0.717) is 5.92 Å². The van der Waals surface area contributed by atoms with E-state index in [1.54, 1.807) is 0 Å². The Labute approximate surface area is 120 Å². The van der Waals surface area contributed by atoms with Crippen molar-refractivity contribution in [1.82, 2.24) is 9.97 Å². The molecule has 3 rings (SSSR count). The van der Waals surface area contributed by atoms with Crippen LogP contribution in [-0.4, -0.2) is 16.0 Å². The van der Waals surface area contributed by atoms with Gasteiger partial charge < -0.3 is 5.73 Å². The third-order valence-corrected chi connectivity index (χ3v) is 4.27. The van der Waals surface area contributed by atoms with E-state index < -0.39 is 0 Å². The molecule has 2 heterocycles. The van der Waals surface area contributed by atoms with Crippen LogP contribution in [0.15, 0.2) is 42.9 Å². The van der Waals surface area contributed by atoms with Crippen LogP contribution in [0.4, 0.5) is 0 Å². The van der Waals surface area contributed by atoms with Gasteiger partial charge in [-0.1, -0.05) is 6.07 Å². The Morgan fingerprint density at radius 3 is 2.90 bits per heavy atom. The van der Waals surface area contributed by atoms with Gasteiger partial charge in [0.1, 0.15) is 0 Å². The number of rotatable bonds is 4. The number of nitrogens with two attached hydrogens (primary N) is 1. The van der Waals surface area contributed by atoms with Gasteiger partial charge in [-0.2, -0.15) is 0 Å². The van der Waals surface area contributed by atoms with Gasteiger partial charge in [0.2, 0.25) is 0 Å². The van der Waals surface area contributed by atoms with Crippen LogP contribution in [-0.2, 0) is 12.8 Å². The van der Waals surface area contributed by atoms with Gasteiger partial charge >= 0.3 is 0 Å². The third-order valence-electron chi connectivity index (χ3n) is 4.27. The highest BCUT2D eigenvalue weighted by Gasteiger charge is 2.26. The van der Waals surface area contributed by atoms with E-state index in [2.05, 4.69) is 28.2 Å². The molecule has 1 aliphatic carbocycles. The second-order valence-electron chi connectivity index (χ2n) is 5.60. The Morgan fingerprint density at radius 1 is 1.20 bits per heavy atom. The first kappa shape index (κ1) is 13.3. The molecule has 2 aromatic heterocycles. The van der Waals surface area contributed by atoms with E-state index in [1.165, 1.54) is 29.7 Å². The summed E-state index contributed by atoms with van der Waals surface area (Å²) in [6.07, 6.45) is 11.2. The molecule has 2 N–H and O–H groups in total. The highest BCUT2D eigenvalue weighted by Crippen LogP contribution is 2.32. The summed E-state index contributed by atoms with van der Waals surface area (Å²) in [6, 6.07) is 8.56. The monoisotopic (exact) mass is 267 g/mol. The molecule has 2 aromatic rings. The van der Waals surface area contributed by atoms with Gasteiger partial charge in [-0.3, -0.25) is 9.97 Å². The van der Waals surface area contributed by atoms with Crippen molar-refractivity contribution in [2.75, 3.05) is 0 Å². The fourth-order valence-electron chi connectivity index (χ4n) is 3.15. The second-order valence-corrected chi connectivity index (χ2v) is 5.60. The molecule has 0 saturated heterocycles. The predicted octanol–water partition coefficient (Wildman–Crippen LogP) is 2.86. The molecule has 104 valence electrons. The van der Waals surface area contributed by atoms with Gasteiger partial charge in [0.25, 0.3) is 0 Å². The number of hydrogen-bond acceptors (Lipinski definition) is 3. The summed E-state index contributed by atoms with van der Waals surface area (Å²) in [5, 5.41) is 0. The lowest BCUT2D eigenvalue weighted by Gasteiger charge is -2.29. The number of aryl methyl sites for hydroxylation is 2. The van der Waals surface area contributed by atoms with Crippen molar-refractivity contribution < 1.29 is 0 Å². The quantitative estimate of drug-likeness (QED) is 0.926. The average molecular weight is 267 g/mol. The molecule has 0 spiro atoms. The SMILES string of the molecule is NC(CCc1ccncc1)C1CCCc2cccnc21. The standard InChI is InChI=1S/C17H21N3/c18-16(7-6-13-8-11-19-12-9-13)15-5-1-3-14-4-2-10-20-17(14)15/h2,4,8-12,15-16H,1,3,5-7,18H2. The van der Waals surface area contributed by atoms with Gasteiger partial charge in [-0.05, 0) is 61.4 Å². The molecule has 3 nitrogen and oxygen atoms in total. The van der Waals surface area contributed by atoms with Crippen LogP contribution >= 0.6 is 0 Å². The van der Waals surface area contributed by atoms with Crippen molar-refractivity contribution >= 4 is 0 Å². The topological polar surface area (TPSA) is 51.8 Å². The van der Waals surface area contributed by atoms with Gasteiger partial charge in [-0.15, -0.1) is 0 Å². The summed E-state index contributed by atoms with van der Waals surface area (Å²) in [6.45, 7) is 0. The largest absolute Gasteiger partial charge is 0.327 e. The van der Waals surface area contributed by atoms with Crippen molar-refractivity contribution in [1.29, 1.82) is 0 Å². The smallest absolute Gasteiger partial charge is 0.0481 e. The van der Waals surface area contributed by atoms with Crippen LogP contribution in [0.1, 0.15) is 42.0 Å². The maximum atomic E-state index is 6.46. The summed E-state index contributed by atoms with van der Waals surface area (Å²) in [7, 11) is 0. The van der Waals surface area contributed by atoms with Crippen molar-refractivity contribution in [3.8, 4) is 0 Å². The fourth-order valence-corrected chi connectivity index (χ4v) is 3.15. The minimum Gasteiger partial charge on any atom is -0.327 e. The zero-order valence-electron chi connectivity index (χ0n) is 11.7. The van der Waals surface area contributed by atoms with E-state index in [9.17, 15) is 0 Å². The third kappa shape index (κ3) is 2.88. The van der Waals surface area contributed by atoms with Crippen LogP contribution in [0.2, 0.25) is 0 Å². The molecule has 0 amide bonds. The maximum absolute atomic E-state index is 6.46. The van der Waals surface area contributed by atoms with Crippen LogP contribution in [0.3, 0.4) is 0 Å². The molecule has 0 radical (unpaired) electrons. The molecule has 0 aliphatic heterocycles. The van der Waals surface area contributed by atoms with E-state index in [4.69, 9.17) is 5.73 Å². The zero-order valence-corrected chi connectivity index (χ0v) is 11.7. The fraction of sp³-hybridized carbons (Fsp3) is 0.412. The molecule has 0 bridgehead atoms. The van der Waals surface area contributed by atoms with E-state index in [0.717, 1.165) is 19.3 Å². The van der Waals surface area contributed by atoms with Crippen molar-refractivity contribution in [2.24, 2.45) is 5.73 Å². The summed E-state index contributed by atoms with van der Waals surface area (Å²) in [5.74, 6) is 0.418. The summed E-state index contributed by atoms with van der Waals surface area (Å²) in [5.41, 5.74) is 10.4. The number of hydrogen-bond donors (Lipinski definition) is 1. The van der Waals surface area contributed by atoms with E-state index in [-0.39, 0.29) is 6.04 Å². The molecular formula is C17H21N3. The normalized spacial score (nSPS) is 19.4. The molecule has 0 aromatic carbocycles. The summed E-state index contributed by atoms with van der Waals surface area (Å²) < 4.78 is 0. The number of nitrogens with zero attached hydrogens (tertiary/aromatic N) is 2. The van der Waals surface area contributed by atoms with Gasteiger partial charge in [0, 0.05) is 36.2 Å². The van der Waals surface area contributed by atoms with Crippen LogP contribution in [0, 0.1) is 0 Å². The van der Waals surface area contributed by atoms with E-state index in [1.807, 2.05) is 24.7 Å². The predicted molar refractivity (Wildman–Crippen MR) is 80.4 cm³/mol. The number of pyridine rings is 2. The Balaban J connectivity index is 1.67. The first-order chi connectivity index (χ1) is 9.84. The number of aromatic nitrogens is 2. The van der Waals surface area contributed by atoms with Crippen LogP contribution < -0.4 is 5.73 Å². The van der Waals surface area contributed by atoms with Gasteiger partial charge in [-0.25, -0.2) is 0 Å². The number of fused-ring (bicyclic) bond motifs is 1. The molecule has 2 unspecified atom stereocenters. The molecule has 0 fully saturated rings. The Hall–Kier alpha value is -1.74. The van der Waals surface area contributed by atoms with Crippen LogP contribution in [0.5, 0.6) is 0 Å². The molecule has 0 saturated carbocycles. The van der Waals surface area contributed by atoms with Crippen LogP contribution in [0.25, 0.3) is 0 Å². The Bertz CT molecular complexity index is 553. The maximum Gasteiger partial charge on any atom is 0.0481 e. The highest BCUT2D eigenvalue weighted by atomic mass is 14.7. The highest BCUT2D eigenvalue weighted by molar-refractivity contribution is 5.27. The minimum absolute atomic E-state index is 0.192. The van der Waals surface area contributed by atoms with Crippen molar-refractivity contribution in [3.05, 3.63) is 59.7 Å². The average Bonchev–Trinajstić information content (AvgIpc) is 2.53. The minimum atomic E-state index is 0.192. The van der Waals surface area contributed by atoms with Gasteiger partial charge in [0.15, 0.2) is 0 Å². The molecular weight excluding hydrogens is 246 g/mol. The molecule has 20 heavy (non-hydrogen) atoms. The van der Waals surface area contributed by atoms with Crippen molar-refractivity contribution in [2.45, 2.75) is 44.1 Å². The summed E-state index contributed by atoms with van der Waals surface area (Å²) >= 11 is 0. The molecule has 3 heteroatoms. The first-order valence-electron chi connectivity index (χ1n) is 7.43. The van der Waals surface area contributed by atoms with Crippen molar-refractivity contribution in [3.63, 3.8) is 0 Å². The lowest BCUT2D eigenvalue weighted by molar-refractivity contribution is 0.432. The second kappa shape index (κ2) is 6.14.